The highest BCUT2D eigenvalue weighted by atomic mass is 35.5. The summed E-state index contributed by atoms with van der Waals surface area (Å²) in [6.45, 7) is 1.09. The van der Waals surface area contributed by atoms with Crippen LogP contribution in [0.25, 0.3) is 5.69 Å². The SMILES string of the molecule is O=C(OC(CF)CF)N1Cc2cc(Cl)ccc2-n2c(nnc2N2CC3(CN(C(=O)C4CC4)C3)C2)C1. The quantitative estimate of drug-likeness (QED) is 0.620. The first-order valence-corrected chi connectivity index (χ1v) is 12.1. The van der Waals surface area contributed by atoms with Crippen molar-refractivity contribution in [3.8, 4) is 5.69 Å². The van der Waals surface area contributed by atoms with E-state index in [-0.39, 0.29) is 30.3 Å². The number of fused-ring (bicyclic) bond motifs is 3. The number of ether oxygens (including phenoxy) is 1. The zero-order chi connectivity index (χ0) is 24.3. The van der Waals surface area contributed by atoms with Crippen LogP contribution >= 0.6 is 11.6 Å². The number of amides is 2. The van der Waals surface area contributed by atoms with E-state index in [0.717, 1.165) is 50.3 Å². The highest BCUT2D eigenvalue weighted by molar-refractivity contribution is 6.30. The minimum absolute atomic E-state index is 0.0616. The van der Waals surface area contributed by atoms with Crippen molar-refractivity contribution in [3.05, 3.63) is 34.6 Å². The molecular formula is C23H25ClF2N6O3. The first kappa shape index (κ1) is 22.5. The van der Waals surface area contributed by atoms with E-state index in [1.165, 1.54) is 4.90 Å². The number of aromatic nitrogens is 3. The van der Waals surface area contributed by atoms with Crippen LogP contribution in [0.3, 0.4) is 0 Å². The maximum absolute atomic E-state index is 12.9. The molecule has 1 aliphatic carbocycles. The first-order valence-electron chi connectivity index (χ1n) is 11.7. The minimum Gasteiger partial charge on any atom is -0.440 e. The number of alkyl halides is 2. The van der Waals surface area contributed by atoms with E-state index in [9.17, 15) is 18.4 Å². The van der Waals surface area contributed by atoms with E-state index < -0.39 is 25.5 Å². The average molecular weight is 507 g/mol. The number of likely N-dealkylation sites (tertiary alicyclic amines) is 1. The van der Waals surface area contributed by atoms with Crippen LogP contribution in [0.1, 0.15) is 24.2 Å². The third-order valence-electron chi connectivity index (χ3n) is 7.18. The molecule has 2 aromatic rings. The molecule has 2 amide bonds. The summed E-state index contributed by atoms with van der Waals surface area (Å²) in [5.41, 5.74) is 1.62. The third kappa shape index (κ3) is 3.89. The molecule has 0 bridgehead atoms. The second kappa shape index (κ2) is 8.32. The van der Waals surface area contributed by atoms with Crippen molar-refractivity contribution in [1.82, 2.24) is 24.6 Å². The van der Waals surface area contributed by atoms with Crippen LogP contribution in [0.2, 0.25) is 5.02 Å². The predicted octanol–water partition coefficient (Wildman–Crippen LogP) is 2.74. The largest absolute Gasteiger partial charge is 0.440 e. The van der Waals surface area contributed by atoms with Crippen molar-refractivity contribution in [1.29, 1.82) is 0 Å². The van der Waals surface area contributed by atoms with Crippen molar-refractivity contribution in [3.63, 3.8) is 0 Å². The Balaban J connectivity index is 1.23. The van der Waals surface area contributed by atoms with Gasteiger partial charge in [-0.15, -0.1) is 10.2 Å². The zero-order valence-corrected chi connectivity index (χ0v) is 19.8. The molecule has 4 aliphatic rings. The smallest absolute Gasteiger partial charge is 0.410 e. The van der Waals surface area contributed by atoms with E-state index in [4.69, 9.17) is 16.3 Å². The molecule has 2 saturated heterocycles. The summed E-state index contributed by atoms with van der Waals surface area (Å²) >= 11 is 6.24. The van der Waals surface area contributed by atoms with E-state index in [1.807, 2.05) is 15.5 Å². The molecule has 1 spiro atoms. The van der Waals surface area contributed by atoms with E-state index >= 15 is 0 Å². The molecule has 1 saturated carbocycles. The van der Waals surface area contributed by atoms with E-state index in [2.05, 4.69) is 15.1 Å². The van der Waals surface area contributed by atoms with Crippen LogP contribution in [-0.4, -0.2) is 82.2 Å². The van der Waals surface area contributed by atoms with Gasteiger partial charge in [0, 0.05) is 42.5 Å². The second-order valence-corrected chi connectivity index (χ2v) is 10.5. The van der Waals surface area contributed by atoms with Gasteiger partial charge in [-0.1, -0.05) is 11.6 Å². The normalized spacial score (nSPS) is 20.2. The summed E-state index contributed by atoms with van der Waals surface area (Å²) in [5, 5.41) is 9.25. The Kier molecular flexibility index (Phi) is 5.35. The van der Waals surface area contributed by atoms with Gasteiger partial charge in [-0.05, 0) is 36.6 Å². The lowest BCUT2D eigenvalue weighted by Gasteiger charge is -2.60. The molecule has 0 unspecified atom stereocenters. The van der Waals surface area contributed by atoms with Crippen molar-refractivity contribution >= 4 is 29.5 Å². The molecular weight excluding hydrogens is 482 g/mol. The fourth-order valence-electron chi connectivity index (χ4n) is 5.26. The third-order valence-corrected chi connectivity index (χ3v) is 7.42. The highest BCUT2D eigenvalue weighted by Gasteiger charge is 2.55. The minimum atomic E-state index is -1.44. The van der Waals surface area contributed by atoms with Crippen LogP contribution in [0.4, 0.5) is 19.5 Å². The Morgan fingerprint density at radius 3 is 2.51 bits per heavy atom. The van der Waals surface area contributed by atoms with Crippen molar-refractivity contribution in [2.75, 3.05) is 44.4 Å². The summed E-state index contributed by atoms with van der Waals surface area (Å²) < 4.78 is 32.8. The summed E-state index contributed by atoms with van der Waals surface area (Å²) in [7, 11) is 0. The number of benzene rings is 1. The van der Waals surface area contributed by atoms with Gasteiger partial charge in [-0.25, -0.2) is 13.6 Å². The molecule has 4 heterocycles. The van der Waals surface area contributed by atoms with Gasteiger partial charge in [-0.2, -0.15) is 0 Å². The molecule has 1 aromatic carbocycles. The summed E-state index contributed by atoms with van der Waals surface area (Å²) in [6, 6.07) is 5.36. The van der Waals surface area contributed by atoms with Crippen LogP contribution in [-0.2, 0) is 22.6 Å². The van der Waals surface area contributed by atoms with Gasteiger partial charge in [-0.3, -0.25) is 14.3 Å². The van der Waals surface area contributed by atoms with Crippen LogP contribution in [0.5, 0.6) is 0 Å². The summed E-state index contributed by atoms with van der Waals surface area (Å²) in [6.07, 6.45) is -0.247. The Labute approximate surface area is 205 Å². The van der Waals surface area contributed by atoms with Crippen molar-refractivity contribution in [2.24, 2.45) is 11.3 Å². The van der Waals surface area contributed by atoms with Crippen molar-refractivity contribution in [2.45, 2.75) is 32.0 Å². The zero-order valence-electron chi connectivity index (χ0n) is 19.0. The maximum Gasteiger partial charge on any atom is 0.410 e. The van der Waals surface area contributed by atoms with Gasteiger partial charge in [0.25, 0.3) is 0 Å². The monoisotopic (exact) mass is 506 g/mol. The Morgan fingerprint density at radius 1 is 1.09 bits per heavy atom. The first-order chi connectivity index (χ1) is 16.9. The van der Waals surface area contributed by atoms with Crippen LogP contribution in [0.15, 0.2) is 18.2 Å². The molecule has 3 aliphatic heterocycles. The lowest BCUT2D eigenvalue weighted by atomic mass is 9.73. The van der Waals surface area contributed by atoms with Gasteiger partial charge in [0.1, 0.15) is 13.3 Å². The van der Waals surface area contributed by atoms with Gasteiger partial charge in [0.15, 0.2) is 11.9 Å². The number of carbonyl (C=O) groups is 2. The van der Waals surface area contributed by atoms with Gasteiger partial charge < -0.3 is 14.5 Å². The van der Waals surface area contributed by atoms with Crippen LogP contribution in [0, 0.1) is 11.3 Å². The number of rotatable bonds is 5. The fraction of sp³-hybridized carbons (Fsp3) is 0.565. The molecule has 0 atom stereocenters. The molecule has 35 heavy (non-hydrogen) atoms. The standard InChI is InChI=1S/C23H25ClF2N6O3/c24-16-3-4-18-15(5-16)8-29(22(34)35-17(6-25)7-26)9-19-27-28-21(32(18)19)31-12-23(13-31)10-30(11-23)20(33)14-1-2-14/h3-5,14,17H,1-2,6-13H2. The lowest BCUT2D eigenvalue weighted by molar-refractivity contribution is -0.146. The number of anilines is 1. The number of nitrogens with zero attached hydrogens (tertiary/aromatic N) is 6. The molecule has 1 aromatic heterocycles. The predicted molar refractivity (Wildman–Crippen MR) is 122 cm³/mol. The average Bonchev–Trinajstić information content (AvgIpc) is 3.59. The van der Waals surface area contributed by atoms with E-state index in [1.54, 1.807) is 12.1 Å². The molecule has 9 nitrogen and oxygen atoms in total. The molecule has 0 N–H and O–H groups in total. The van der Waals surface area contributed by atoms with Gasteiger partial charge >= 0.3 is 6.09 Å². The lowest BCUT2D eigenvalue weighted by Crippen LogP contribution is -2.73. The van der Waals surface area contributed by atoms with E-state index in [0.29, 0.717) is 16.8 Å². The maximum atomic E-state index is 12.9. The molecule has 186 valence electrons. The number of hydrogen-bond acceptors (Lipinski definition) is 6. The molecule has 3 fully saturated rings. The molecule has 6 rings (SSSR count). The Hall–Kier alpha value is -2.95. The summed E-state index contributed by atoms with van der Waals surface area (Å²) in [4.78, 5) is 30.4. The fourth-order valence-corrected chi connectivity index (χ4v) is 5.45. The van der Waals surface area contributed by atoms with Gasteiger partial charge in [0.05, 0.1) is 18.8 Å². The van der Waals surface area contributed by atoms with Crippen molar-refractivity contribution < 1.29 is 23.1 Å². The second-order valence-electron chi connectivity index (χ2n) is 10.0. The topological polar surface area (TPSA) is 83.8 Å². The van der Waals surface area contributed by atoms with Crippen LogP contribution < -0.4 is 4.90 Å². The Morgan fingerprint density at radius 2 is 1.83 bits per heavy atom. The van der Waals surface area contributed by atoms with Gasteiger partial charge in [0.2, 0.25) is 11.9 Å². The molecule has 0 radical (unpaired) electrons. The molecule has 12 heteroatoms. The number of hydrogen-bond donors (Lipinski definition) is 0. The Bertz CT molecular complexity index is 1170. The number of carbonyl (C=O) groups excluding carboxylic acids is 2. The highest BCUT2D eigenvalue weighted by Crippen LogP contribution is 2.44. The number of halogens is 3. The summed E-state index contributed by atoms with van der Waals surface area (Å²) in [5.74, 6) is 1.68.